The van der Waals surface area contributed by atoms with Crippen molar-refractivity contribution in [2.24, 2.45) is 11.3 Å². The van der Waals surface area contributed by atoms with Crippen molar-refractivity contribution in [3.63, 3.8) is 0 Å². The summed E-state index contributed by atoms with van der Waals surface area (Å²) < 4.78 is 0. The van der Waals surface area contributed by atoms with Crippen molar-refractivity contribution in [1.82, 2.24) is 10.2 Å². The highest BCUT2D eigenvalue weighted by molar-refractivity contribution is 5.81. The van der Waals surface area contributed by atoms with Crippen LogP contribution in [0.3, 0.4) is 0 Å². The number of amides is 1. The second-order valence-electron chi connectivity index (χ2n) is 5.95. The molecule has 0 radical (unpaired) electrons. The molecule has 0 unspecified atom stereocenters. The van der Waals surface area contributed by atoms with Gasteiger partial charge in [-0.25, -0.2) is 0 Å². The zero-order valence-corrected chi connectivity index (χ0v) is 11.9. The summed E-state index contributed by atoms with van der Waals surface area (Å²) in [6.45, 7) is 9.35. The first-order valence-electron chi connectivity index (χ1n) is 6.93. The van der Waals surface area contributed by atoms with Crippen LogP contribution >= 0.6 is 0 Å². The van der Waals surface area contributed by atoms with Crippen LogP contribution in [-0.2, 0) is 4.79 Å². The van der Waals surface area contributed by atoms with Gasteiger partial charge in [-0.15, -0.1) is 0 Å². The van der Waals surface area contributed by atoms with E-state index in [4.69, 9.17) is 0 Å². The number of rotatable bonds is 5. The summed E-state index contributed by atoms with van der Waals surface area (Å²) in [6, 6.07) is 0. The van der Waals surface area contributed by atoms with Gasteiger partial charge in [0.15, 0.2) is 0 Å². The summed E-state index contributed by atoms with van der Waals surface area (Å²) in [7, 11) is 1.95. The van der Waals surface area contributed by atoms with E-state index >= 15 is 0 Å². The zero-order valence-electron chi connectivity index (χ0n) is 11.9. The molecule has 1 fully saturated rings. The van der Waals surface area contributed by atoms with E-state index in [0.29, 0.717) is 0 Å². The van der Waals surface area contributed by atoms with Gasteiger partial charge in [0.25, 0.3) is 0 Å². The third kappa shape index (κ3) is 4.30. The van der Waals surface area contributed by atoms with Crippen molar-refractivity contribution in [3.05, 3.63) is 0 Å². The van der Waals surface area contributed by atoms with Crippen LogP contribution < -0.4 is 5.32 Å². The van der Waals surface area contributed by atoms with Crippen molar-refractivity contribution in [1.29, 1.82) is 0 Å². The van der Waals surface area contributed by atoms with Gasteiger partial charge in [-0.1, -0.05) is 20.8 Å². The number of nitrogens with one attached hydrogen (secondary N) is 1. The fourth-order valence-electron chi connectivity index (χ4n) is 2.32. The Morgan fingerprint density at radius 3 is 2.47 bits per heavy atom. The monoisotopic (exact) mass is 240 g/mol. The SMILES string of the molecule is CCC(C)(C)C(=O)N(C)CCC1CCNCC1. The van der Waals surface area contributed by atoms with Crippen LogP contribution in [0.2, 0.25) is 0 Å². The van der Waals surface area contributed by atoms with E-state index in [1.807, 2.05) is 25.8 Å². The van der Waals surface area contributed by atoms with E-state index < -0.39 is 0 Å². The molecule has 3 heteroatoms. The lowest BCUT2D eigenvalue weighted by molar-refractivity contribution is -0.139. The Morgan fingerprint density at radius 2 is 1.94 bits per heavy atom. The summed E-state index contributed by atoms with van der Waals surface area (Å²) in [5.74, 6) is 1.09. The van der Waals surface area contributed by atoms with E-state index in [9.17, 15) is 4.79 Å². The molecule has 0 aliphatic carbocycles. The summed E-state index contributed by atoms with van der Waals surface area (Å²) in [5, 5.41) is 3.38. The van der Waals surface area contributed by atoms with Crippen molar-refractivity contribution < 1.29 is 4.79 Å². The number of piperidine rings is 1. The molecule has 3 nitrogen and oxygen atoms in total. The van der Waals surface area contributed by atoms with Crippen molar-refractivity contribution in [2.75, 3.05) is 26.7 Å². The first-order valence-corrected chi connectivity index (χ1v) is 6.93. The third-order valence-corrected chi connectivity index (χ3v) is 4.14. The molecule has 0 spiro atoms. The first-order chi connectivity index (χ1) is 7.97. The van der Waals surface area contributed by atoms with E-state index in [-0.39, 0.29) is 11.3 Å². The normalized spacial score (nSPS) is 18.1. The van der Waals surface area contributed by atoms with Crippen LogP contribution in [-0.4, -0.2) is 37.5 Å². The predicted octanol–water partition coefficient (Wildman–Crippen LogP) is 2.27. The van der Waals surface area contributed by atoms with Crippen LogP contribution in [0.1, 0.15) is 46.5 Å². The molecule has 1 aliphatic rings. The maximum absolute atomic E-state index is 12.2. The van der Waals surface area contributed by atoms with Gasteiger partial charge in [-0.3, -0.25) is 4.79 Å². The molecule has 0 atom stereocenters. The molecule has 0 saturated carbocycles. The van der Waals surface area contributed by atoms with Crippen LogP contribution in [0.5, 0.6) is 0 Å². The maximum atomic E-state index is 12.2. The fraction of sp³-hybridized carbons (Fsp3) is 0.929. The summed E-state index contributed by atoms with van der Waals surface area (Å²) >= 11 is 0. The molecule has 100 valence electrons. The molecule has 1 heterocycles. The minimum absolute atomic E-state index is 0.205. The number of hydrogen-bond donors (Lipinski definition) is 1. The molecular formula is C14H28N2O. The lowest BCUT2D eigenvalue weighted by Crippen LogP contribution is -2.39. The van der Waals surface area contributed by atoms with Crippen LogP contribution in [0.25, 0.3) is 0 Å². The van der Waals surface area contributed by atoms with E-state index in [1.54, 1.807) is 0 Å². The van der Waals surface area contributed by atoms with Gasteiger partial charge in [-0.05, 0) is 44.7 Å². The second kappa shape index (κ2) is 6.39. The van der Waals surface area contributed by atoms with Gasteiger partial charge in [0.1, 0.15) is 0 Å². The molecule has 1 N–H and O–H groups in total. The average molecular weight is 240 g/mol. The number of hydrogen-bond acceptors (Lipinski definition) is 2. The standard InChI is InChI=1S/C14H28N2O/c1-5-14(2,3)13(17)16(4)11-8-12-6-9-15-10-7-12/h12,15H,5-11H2,1-4H3. The molecule has 1 saturated heterocycles. The maximum Gasteiger partial charge on any atom is 0.227 e. The Bertz CT molecular complexity index is 245. The summed E-state index contributed by atoms with van der Waals surface area (Å²) in [5.41, 5.74) is -0.205. The lowest BCUT2D eigenvalue weighted by Gasteiger charge is -2.30. The first kappa shape index (κ1) is 14.5. The number of carbonyl (C=O) groups excluding carboxylic acids is 1. The van der Waals surface area contributed by atoms with E-state index in [0.717, 1.165) is 38.4 Å². The molecule has 1 amide bonds. The van der Waals surface area contributed by atoms with Gasteiger partial charge in [0, 0.05) is 19.0 Å². The Labute approximate surface area is 106 Å². The van der Waals surface area contributed by atoms with Gasteiger partial charge in [-0.2, -0.15) is 0 Å². The van der Waals surface area contributed by atoms with Crippen molar-refractivity contribution in [3.8, 4) is 0 Å². The highest BCUT2D eigenvalue weighted by Gasteiger charge is 2.28. The Balaban J connectivity index is 2.33. The molecule has 0 bridgehead atoms. The number of nitrogens with zero attached hydrogens (tertiary/aromatic N) is 1. The smallest absolute Gasteiger partial charge is 0.227 e. The van der Waals surface area contributed by atoms with Crippen LogP contribution in [0.4, 0.5) is 0 Å². The fourth-order valence-corrected chi connectivity index (χ4v) is 2.32. The summed E-state index contributed by atoms with van der Waals surface area (Å²) in [4.78, 5) is 14.1. The van der Waals surface area contributed by atoms with Gasteiger partial charge < -0.3 is 10.2 Å². The van der Waals surface area contributed by atoms with E-state index in [1.165, 1.54) is 12.8 Å². The molecule has 1 aliphatic heterocycles. The van der Waals surface area contributed by atoms with Crippen LogP contribution in [0, 0.1) is 11.3 Å². The molecule has 0 aromatic carbocycles. The molecular weight excluding hydrogens is 212 g/mol. The minimum Gasteiger partial charge on any atom is -0.345 e. The van der Waals surface area contributed by atoms with E-state index in [2.05, 4.69) is 12.2 Å². The summed E-state index contributed by atoms with van der Waals surface area (Å²) in [6.07, 6.45) is 4.59. The highest BCUT2D eigenvalue weighted by Crippen LogP contribution is 2.23. The Morgan fingerprint density at radius 1 is 1.35 bits per heavy atom. The Hall–Kier alpha value is -0.570. The second-order valence-corrected chi connectivity index (χ2v) is 5.95. The van der Waals surface area contributed by atoms with Crippen molar-refractivity contribution >= 4 is 5.91 Å². The topological polar surface area (TPSA) is 32.3 Å². The van der Waals surface area contributed by atoms with Gasteiger partial charge in [0.2, 0.25) is 5.91 Å². The molecule has 0 aromatic heterocycles. The molecule has 17 heavy (non-hydrogen) atoms. The predicted molar refractivity (Wildman–Crippen MR) is 71.9 cm³/mol. The highest BCUT2D eigenvalue weighted by atomic mass is 16.2. The average Bonchev–Trinajstić information content (AvgIpc) is 2.36. The van der Waals surface area contributed by atoms with Gasteiger partial charge in [0.05, 0.1) is 0 Å². The number of carbonyl (C=O) groups is 1. The third-order valence-electron chi connectivity index (χ3n) is 4.14. The molecule has 0 aromatic rings. The zero-order chi connectivity index (χ0) is 12.9. The largest absolute Gasteiger partial charge is 0.345 e. The van der Waals surface area contributed by atoms with Crippen molar-refractivity contribution in [2.45, 2.75) is 46.5 Å². The lowest BCUT2D eigenvalue weighted by atomic mass is 9.88. The van der Waals surface area contributed by atoms with Crippen LogP contribution in [0.15, 0.2) is 0 Å². The minimum atomic E-state index is -0.205. The molecule has 1 rings (SSSR count). The Kier molecular flexibility index (Phi) is 5.44. The quantitative estimate of drug-likeness (QED) is 0.799. The van der Waals surface area contributed by atoms with Gasteiger partial charge >= 0.3 is 0 Å².